The molecule has 6 heteroatoms. The van der Waals surface area contributed by atoms with E-state index in [1.807, 2.05) is 35.1 Å². The topological polar surface area (TPSA) is 68.2 Å². The van der Waals surface area contributed by atoms with Crippen molar-refractivity contribution >= 4 is 11.8 Å². The van der Waals surface area contributed by atoms with Crippen LogP contribution in [0.15, 0.2) is 30.5 Å². The molecule has 0 saturated carbocycles. The Morgan fingerprint density at radius 2 is 1.92 bits per heavy atom. The minimum atomic E-state index is -0.466. The summed E-state index contributed by atoms with van der Waals surface area (Å²) in [6.45, 7) is 9.25. The second-order valence-corrected chi connectivity index (χ2v) is 6.14. The number of nitrogens with one attached hydrogen (secondary N) is 2. The van der Waals surface area contributed by atoms with Crippen molar-refractivity contribution in [1.29, 1.82) is 0 Å². The van der Waals surface area contributed by atoms with Crippen molar-refractivity contribution in [3.8, 4) is 0 Å². The number of carbonyl (C=O) groups excluding carboxylic acids is 1. The predicted molar refractivity (Wildman–Crippen MR) is 95.1 cm³/mol. The summed E-state index contributed by atoms with van der Waals surface area (Å²) in [5.41, 5.74) is 4.27. The number of nitrogens with zero attached hydrogens (tertiary/aromatic N) is 2. The monoisotopic (exact) mass is 330 g/mol. The minimum absolute atomic E-state index is 0.213. The molecule has 2 rings (SSSR count). The van der Waals surface area contributed by atoms with Crippen LogP contribution in [0.25, 0.3) is 0 Å². The second-order valence-electron chi connectivity index (χ2n) is 6.14. The lowest BCUT2D eigenvalue weighted by Gasteiger charge is -2.15. The molecule has 0 aliphatic heterocycles. The number of amides is 1. The zero-order valence-corrected chi connectivity index (χ0v) is 15.0. The number of ether oxygens (including phenoxy) is 1. The summed E-state index contributed by atoms with van der Waals surface area (Å²) in [7, 11) is 1.35. The number of anilines is 1. The van der Waals surface area contributed by atoms with Crippen molar-refractivity contribution in [1.82, 2.24) is 15.1 Å². The molecule has 24 heavy (non-hydrogen) atoms. The maximum Gasteiger partial charge on any atom is 0.411 e. The Kier molecular flexibility index (Phi) is 5.98. The molecule has 2 N–H and O–H groups in total. The van der Waals surface area contributed by atoms with Gasteiger partial charge in [0.1, 0.15) is 0 Å². The fourth-order valence-electron chi connectivity index (χ4n) is 2.64. The molecule has 6 nitrogen and oxygen atoms in total. The standard InChI is InChI=1S/C18H26N4O2/c1-12(2)22-14(4)17(11-20-22)13(3)19-10-15-6-8-16(9-7-15)21-18(23)24-5/h6-9,11-13,19H,10H2,1-5H3,(H,21,23). The van der Waals surface area contributed by atoms with Crippen molar-refractivity contribution in [3.05, 3.63) is 47.3 Å². The van der Waals surface area contributed by atoms with Gasteiger partial charge in [0, 0.05) is 35.6 Å². The fourth-order valence-corrected chi connectivity index (χ4v) is 2.64. The summed E-state index contributed by atoms with van der Waals surface area (Å²) in [6.07, 6.45) is 1.48. The molecule has 0 radical (unpaired) electrons. The summed E-state index contributed by atoms with van der Waals surface area (Å²) in [6, 6.07) is 8.26. The molecule has 1 amide bonds. The average Bonchev–Trinajstić information content (AvgIpc) is 2.95. The number of rotatable bonds is 6. The molecule has 130 valence electrons. The van der Waals surface area contributed by atoms with Crippen LogP contribution in [-0.4, -0.2) is 23.0 Å². The van der Waals surface area contributed by atoms with E-state index in [0.717, 1.165) is 12.1 Å². The number of hydrogen-bond donors (Lipinski definition) is 2. The molecule has 0 aliphatic carbocycles. The molecule has 0 aliphatic rings. The third-order valence-corrected chi connectivity index (χ3v) is 4.04. The Labute approximate surface area is 143 Å². The van der Waals surface area contributed by atoms with Crippen LogP contribution in [0.2, 0.25) is 0 Å². The zero-order chi connectivity index (χ0) is 17.7. The summed E-state index contributed by atoms with van der Waals surface area (Å²) in [5, 5.41) is 10.6. The minimum Gasteiger partial charge on any atom is -0.453 e. The van der Waals surface area contributed by atoms with Gasteiger partial charge in [0.15, 0.2) is 0 Å². The van der Waals surface area contributed by atoms with Gasteiger partial charge in [0.25, 0.3) is 0 Å². The zero-order valence-electron chi connectivity index (χ0n) is 15.0. The molecule has 2 aromatic rings. The molecule has 0 spiro atoms. The van der Waals surface area contributed by atoms with E-state index in [1.54, 1.807) is 0 Å². The van der Waals surface area contributed by atoms with Crippen molar-refractivity contribution in [2.24, 2.45) is 0 Å². The van der Waals surface area contributed by atoms with E-state index in [0.29, 0.717) is 11.7 Å². The smallest absolute Gasteiger partial charge is 0.411 e. The first-order valence-corrected chi connectivity index (χ1v) is 8.13. The highest BCUT2D eigenvalue weighted by atomic mass is 16.5. The van der Waals surface area contributed by atoms with Gasteiger partial charge in [-0.05, 0) is 45.4 Å². The second kappa shape index (κ2) is 7.97. The number of aromatic nitrogens is 2. The SMILES string of the molecule is COC(=O)Nc1ccc(CNC(C)c2cnn(C(C)C)c2C)cc1. The van der Waals surface area contributed by atoms with Crippen molar-refractivity contribution < 1.29 is 9.53 Å². The Morgan fingerprint density at radius 3 is 2.46 bits per heavy atom. The Bertz CT molecular complexity index is 677. The third-order valence-electron chi connectivity index (χ3n) is 4.04. The van der Waals surface area contributed by atoms with Crippen LogP contribution in [-0.2, 0) is 11.3 Å². The van der Waals surface area contributed by atoms with E-state index in [1.165, 1.54) is 18.4 Å². The van der Waals surface area contributed by atoms with E-state index in [2.05, 4.69) is 48.2 Å². The molecule has 1 aromatic heterocycles. The first-order chi connectivity index (χ1) is 11.4. The molecule has 0 saturated heterocycles. The van der Waals surface area contributed by atoms with E-state index >= 15 is 0 Å². The highest BCUT2D eigenvalue weighted by Gasteiger charge is 2.14. The predicted octanol–water partition coefficient (Wildman–Crippen LogP) is 3.80. The normalized spacial score (nSPS) is 12.2. The Hall–Kier alpha value is -2.34. The van der Waals surface area contributed by atoms with Gasteiger partial charge in [0.05, 0.1) is 13.3 Å². The molecule has 1 unspecified atom stereocenters. The highest BCUT2D eigenvalue weighted by Crippen LogP contribution is 2.20. The first kappa shape index (κ1) is 18.0. The molecular formula is C18H26N4O2. The number of hydrogen-bond acceptors (Lipinski definition) is 4. The quantitative estimate of drug-likeness (QED) is 0.845. The van der Waals surface area contributed by atoms with E-state index in [9.17, 15) is 4.79 Å². The summed E-state index contributed by atoms with van der Waals surface area (Å²) in [5.74, 6) is 0. The van der Waals surface area contributed by atoms with Gasteiger partial charge in [-0.25, -0.2) is 4.79 Å². The van der Waals surface area contributed by atoms with Crippen LogP contribution < -0.4 is 10.6 Å². The molecule has 0 fully saturated rings. The summed E-state index contributed by atoms with van der Waals surface area (Å²) >= 11 is 0. The molecule has 0 bridgehead atoms. The van der Waals surface area contributed by atoms with Gasteiger partial charge in [-0.15, -0.1) is 0 Å². The van der Waals surface area contributed by atoms with Crippen LogP contribution in [0.4, 0.5) is 10.5 Å². The van der Waals surface area contributed by atoms with Crippen LogP contribution in [0.5, 0.6) is 0 Å². The third kappa shape index (κ3) is 4.35. The van der Waals surface area contributed by atoms with E-state index < -0.39 is 6.09 Å². The largest absolute Gasteiger partial charge is 0.453 e. The van der Waals surface area contributed by atoms with Gasteiger partial charge >= 0.3 is 6.09 Å². The molecule has 1 heterocycles. The first-order valence-electron chi connectivity index (χ1n) is 8.13. The lowest BCUT2D eigenvalue weighted by Crippen LogP contribution is -2.19. The van der Waals surface area contributed by atoms with Gasteiger partial charge in [-0.3, -0.25) is 10.00 Å². The number of benzene rings is 1. The maximum atomic E-state index is 11.2. The average molecular weight is 330 g/mol. The van der Waals surface area contributed by atoms with Crippen molar-refractivity contribution in [3.63, 3.8) is 0 Å². The van der Waals surface area contributed by atoms with Crippen molar-refractivity contribution in [2.75, 3.05) is 12.4 Å². The summed E-state index contributed by atoms with van der Waals surface area (Å²) < 4.78 is 6.61. The Balaban J connectivity index is 1.94. The Morgan fingerprint density at radius 1 is 1.25 bits per heavy atom. The van der Waals surface area contributed by atoms with E-state index in [4.69, 9.17) is 0 Å². The number of carbonyl (C=O) groups is 1. The van der Waals surface area contributed by atoms with Gasteiger partial charge in [-0.1, -0.05) is 12.1 Å². The highest BCUT2D eigenvalue weighted by molar-refractivity contribution is 5.84. The fraction of sp³-hybridized carbons (Fsp3) is 0.444. The lowest BCUT2D eigenvalue weighted by atomic mass is 10.1. The molecule has 1 aromatic carbocycles. The van der Waals surface area contributed by atoms with Crippen LogP contribution in [0.1, 0.15) is 49.7 Å². The summed E-state index contributed by atoms with van der Waals surface area (Å²) in [4.78, 5) is 11.2. The number of methoxy groups -OCH3 is 1. The molecule has 1 atom stereocenters. The maximum absolute atomic E-state index is 11.2. The van der Waals surface area contributed by atoms with Crippen LogP contribution in [0, 0.1) is 6.92 Å². The lowest BCUT2D eigenvalue weighted by molar-refractivity contribution is 0.187. The van der Waals surface area contributed by atoms with Gasteiger partial charge < -0.3 is 10.1 Å². The molecular weight excluding hydrogens is 304 g/mol. The van der Waals surface area contributed by atoms with Gasteiger partial charge in [0.2, 0.25) is 0 Å². The van der Waals surface area contributed by atoms with E-state index in [-0.39, 0.29) is 6.04 Å². The van der Waals surface area contributed by atoms with Crippen molar-refractivity contribution in [2.45, 2.75) is 46.3 Å². The van der Waals surface area contributed by atoms with Crippen LogP contribution >= 0.6 is 0 Å². The van der Waals surface area contributed by atoms with Gasteiger partial charge in [-0.2, -0.15) is 5.10 Å². The van der Waals surface area contributed by atoms with Crippen LogP contribution in [0.3, 0.4) is 0 Å².